The Morgan fingerprint density at radius 2 is 1.80 bits per heavy atom. The number of imidazole rings is 1. The maximum Gasteiger partial charge on any atom is 0.416 e. The molecule has 1 saturated carbocycles. The molecule has 4 heterocycles. The number of anilines is 2. The van der Waals surface area contributed by atoms with Gasteiger partial charge in [0.2, 0.25) is 5.91 Å². The number of aliphatic hydroxyl groups excluding tert-OH is 1. The normalized spacial score (nSPS) is 19.4. The zero-order valence-corrected chi connectivity index (χ0v) is 21.7. The number of aliphatic hydroxyl groups is 1. The van der Waals surface area contributed by atoms with Gasteiger partial charge in [-0.1, -0.05) is 12.1 Å². The number of benzene rings is 1. The molecular formula is C28H26F3N7O3. The molecule has 1 aromatic carbocycles. The Bertz CT molecular complexity index is 1630. The minimum Gasteiger partial charge on any atom is -0.391 e. The number of piperidine rings is 1. The number of nitrogens with one attached hydrogen (secondary N) is 1. The number of hydrogen-bond donors (Lipinski definition) is 3. The zero-order chi connectivity index (χ0) is 28.9. The third kappa shape index (κ3) is 5.32. The number of nitrogens with two attached hydrogens (primary N) is 1. The van der Waals surface area contributed by atoms with Gasteiger partial charge < -0.3 is 21.1 Å². The molecule has 41 heavy (non-hydrogen) atoms. The quantitative estimate of drug-likeness (QED) is 0.335. The molecule has 0 spiro atoms. The summed E-state index contributed by atoms with van der Waals surface area (Å²) in [6, 6.07) is 7.96. The number of carbonyl (C=O) groups excluding carboxylic acids is 2. The van der Waals surface area contributed by atoms with Crippen molar-refractivity contribution in [2.24, 2.45) is 5.92 Å². The first-order valence-electron chi connectivity index (χ1n) is 13.1. The average molecular weight is 566 g/mol. The van der Waals surface area contributed by atoms with Gasteiger partial charge in [-0.15, -0.1) is 0 Å². The van der Waals surface area contributed by atoms with Crippen molar-refractivity contribution < 1.29 is 27.9 Å². The highest BCUT2D eigenvalue weighted by atomic mass is 19.4. The van der Waals surface area contributed by atoms with Gasteiger partial charge in [0.25, 0.3) is 5.91 Å². The molecule has 0 bridgehead atoms. The molecule has 4 N–H and O–H groups in total. The van der Waals surface area contributed by atoms with Crippen molar-refractivity contribution in [3.8, 4) is 11.3 Å². The van der Waals surface area contributed by atoms with Crippen LogP contribution in [0.5, 0.6) is 0 Å². The van der Waals surface area contributed by atoms with Crippen molar-refractivity contribution in [1.82, 2.24) is 24.3 Å². The third-order valence-electron chi connectivity index (χ3n) is 7.39. The van der Waals surface area contributed by atoms with Crippen LogP contribution < -0.4 is 11.1 Å². The van der Waals surface area contributed by atoms with Crippen LogP contribution >= 0.6 is 0 Å². The van der Waals surface area contributed by atoms with Crippen LogP contribution in [0.4, 0.5) is 24.8 Å². The Morgan fingerprint density at radius 3 is 2.51 bits per heavy atom. The van der Waals surface area contributed by atoms with E-state index in [1.165, 1.54) is 12.1 Å². The molecule has 2 atom stereocenters. The lowest BCUT2D eigenvalue weighted by molar-refractivity contribution is -0.137. The number of carbonyl (C=O) groups is 2. The van der Waals surface area contributed by atoms with Crippen molar-refractivity contribution >= 4 is 29.0 Å². The van der Waals surface area contributed by atoms with E-state index >= 15 is 0 Å². The van der Waals surface area contributed by atoms with Crippen LogP contribution in [0.25, 0.3) is 16.8 Å². The van der Waals surface area contributed by atoms with Crippen LogP contribution in [-0.2, 0) is 11.0 Å². The van der Waals surface area contributed by atoms with Crippen LogP contribution in [0.15, 0.2) is 55.0 Å². The summed E-state index contributed by atoms with van der Waals surface area (Å²) in [7, 11) is 0. The summed E-state index contributed by atoms with van der Waals surface area (Å²) in [5, 5.41) is 13.0. The lowest BCUT2D eigenvalue weighted by Gasteiger charge is -2.35. The number of nitrogens with zero attached hydrogens (tertiary/aromatic N) is 5. The fraction of sp³-hybridized carbons (Fsp3) is 0.321. The number of alkyl halides is 3. The molecule has 13 heteroatoms. The Labute approximate surface area is 232 Å². The van der Waals surface area contributed by atoms with Gasteiger partial charge in [0.1, 0.15) is 28.7 Å². The smallest absolute Gasteiger partial charge is 0.391 e. The third-order valence-corrected chi connectivity index (χ3v) is 7.39. The van der Waals surface area contributed by atoms with E-state index in [1.54, 1.807) is 29.4 Å². The minimum absolute atomic E-state index is 0.0356. The number of likely N-dealkylation sites (tertiary alicyclic amines) is 1. The summed E-state index contributed by atoms with van der Waals surface area (Å²) in [6.45, 7) is 0.723. The second kappa shape index (κ2) is 10.1. The number of fused-ring (bicyclic) bond motifs is 1. The molecule has 10 nitrogen and oxygen atoms in total. The van der Waals surface area contributed by atoms with E-state index in [1.807, 2.05) is 4.40 Å². The summed E-state index contributed by atoms with van der Waals surface area (Å²) in [5.74, 6) is -0.124. The van der Waals surface area contributed by atoms with E-state index in [9.17, 15) is 27.9 Å². The summed E-state index contributed by atoms with van der Waals surface area (Å²) in [6.07, 6.45) is 1.20. The molecular weight excluding hydrogens is 539 g/mol. The summed E-state index contributed by atoms with van der Waals surface area (Å²) >= 11 is 0. The predicted molar refractivity (Wildman–Crippen MR) is 143 cm³/mol. The number of pyridine rings is 1. The Kier molecular flexibility index (Phi) is 6.60. The highest BCUT2D eigenvalue weighted by Gasteiger charge is 2.39. The second-order valence-corrected chi connectivity index (χ2v) is 10.4. The average Bonchev–Trinajstić information content (AvgIpc) is 3.72. The van der Waals surface area contributed by atoms with Gasteiger partial charge in [0.15, 0.2) is 0 Å². The summed E-state index contributed by atoms with van der Waals surface area (Å²) in [5.41, 5.74) is 7.23. The van der Waals surface area contributed by atoms with Crippen molar-refractivity contribution in [2.75, 3.05) is 24.1 Å². The van der Waals surface area contributed by atoms with Crippen LogP contribution in [-0.4, -0.2) is 60.4 Å². The van der Waals surface area contributed by atoms with Crippen molar-refractivity contribution in [3.63, 3.8) is 0 Å². The predicted octanol–water partition coefficient (Wildman–Crippen LogP) is 3.73. The van der Waals surface area contributed by atoms with Gasteiger partial charge in [-0.25, -0.2) is 15.0 Å². The Morgan fingerprint density at radius 1 is 1.05 bits per heavy atom. The molecule has 1 saturated heterocycles. The molecule has 0 radical (unpaired) electrons. The molecule has 1 aliphatic carbocycles. The SMILES string of the molecule is Nc1nccn2c([C@H]3C[C@@H](O)CN(C(=O)C4CC4)C3)nc(-c3ccc(C(=O)Nc4cc(C(F)(F)F)ccn4)cc3)c12. The Hall–Kier alpha value is -4.52. The van der Waals surface area contributed by atoms with E-state index in [0.29, 0.717) is 42.1 Å². The maximum absolute atomic E-state index is 13.0. The van der Waals surface area contributed by atoms with E-state index in [0.717, 1.165) is 31.2 Å². The summed E-state index contributed by atoms with van der Waals surface area (Å²) < 4.78 is 40.9. The van der Waals surface area contributed by atoms with E-state index in [2.05, 4.69) is 15.3 Å². The van der Waals surface area contributed by atoms with Crippen LogP contribution in [0.2, 0.25) is 0 Å². The largest absolute Gasteiger partial charge is 0.416 e. The lowest BCUT2D eigenvalue weighted by Crippen LogP contribution is -2.46. The highest BCUT2D eigenvalue weighted by molar-refractivity contribution is 6.04. The molecule has 2 amide bonds. The van der Waals surface area contributed by atoms with E-state index in [-0.39, 0.29) is 34.9 Å². The number of nitrogen functional groups attached to an aromatic ring is 1. The van der Waals surface area contributed by atoms with Crippen molar-refractivity contribution in [3.05, 3.63) is 71.9 Å². The number of aromatic nitrogens is 4. The van der Waals surface area contributed by atoms with Gasteiger partial charge in [-0.05, 0) is 43.5 Å². The van der Waals surface area contributed by atoms with E-state index < -0.39 is 23.8 Å². The van der Waals surface area contributed by atoms with Gasteiger partial charge in [-0.2, -0.15) is 13.2 Å². The minimum atomic E-state index is -4.56. The number of hydrogen-bond acceptors (Lipinski definition) is 7. The van der Waals surface area contributed by atoms with Crippen LogP contribution in [0, 0.1) is 5.92 Å². The lowest BCUT2D eigenvalue weighted by atomic mass is 9.94. The number of amides is 2. The van der Waals surface area contributed by atoms with Gasteiger partial charge in [-0.3, -0.25) is 14.0 Å². The number of β-amino-alcohol motifs (C(OH)–C–C–N with tert-alkyl or cyclic N) is 1. The molecule has 6 rings (SSSR count). The maximum atomic E-state index is 13.0. The molecule has 1 aliphatic heterocycles. The molecule has 212 valence electrons. The first kappa shape index (κ1) is 26.7. The first-order valence-corrected chi connectivity index (χ1v) is 13.1. The van der Waals surface area contributed by atoms with Crippen LogP contribution in [0.3, 0.4) is 0 Å². The number of halogens is 3. The molecule has 3 aromatic heterocycles. The van der Waals surface area contributed by atoms with Gasteiger partial charge >= 0.3 is 6.18 Å². The molecule has 2 fully saturated rings. The van der Waals surface area contributed by atoms with Crippen LogP contribution in [0.1, 0.15) is 46.9 Å². The monoisotopic (exact) mass is 565 g/mol. The van der Waals surface area contributed by atoms with E-state index in [4.69, 9.17) is 10.7 Å². The molecule has 0 unspecified atom stereocenters. The highest BCUT2D eigenvalue weighted by Crippen LogP contribution is 2.37. The van der Waals surface area contributed by atoms with Gasteiger partial charge in [0, 0.05) is 54.6 Å². The fourth-order valence-corrected chi connectivity index (χ4v) is 5.25. The summed E-state index contributed by atoms with van der Waals surface area (Å²) in [4.78, 5) is 40.1. The van der Waals surface area contributed by atoms with Crippen molar-refractivity contribution in [2.45, 2.75) is 37.5 Å². The fourth-order valence-electron chi connectivity index (χ4n) is 5.25. The number of rotatable bonds is 5. The van der Waals surface area contributed by atoms with Crippen molar-refractivity contribution in [1.29, 1.82) is 0 Å². The molecule has 4 aromatic rings. The van der Waals surface area contributed by atoms with Gasteiger partial charge in [0.05, 0.1) is 11.7 Å². The Balaban J connectivity index is 1.28. The first-order chi connectivity index (χ1) is 19.6. The second-order valence-electron chi connectivity index (χ2n) is 10.4. The topological polar surface area (TPSA) is 139 Å². The molecule has 2 aliphatic rings. The zero-order valence-electron chi connectivity index (χ0n) is 21.7. The standard InChI is InChI=1S/C28H26F3N7O3/c29-28(30,31)19-7-8-33-21(12-19)35-26(40)16-3-1-15(2-4-16)22-23-24(32)34-9-10-38(23)25(36-22)18-11-20(39)14-37(13-18)27(41)17-5-6-17/h1-4,7-10,12,17-18,20,39H,5-6,11,13-14H2,(H2,32,34)(H,33,35,40)/t18-,20+/m0/s1.